The minimum Gasteiger partial charge on any atom is -0.238 e. The van der Waals surface area contributed by atoms with Crippen molar-refractivity contribution in [2.45, 2.75) is 0 Å². The molecule has 0 aliphatic carbocycles. The first-order chi connectivity index (χ1) is 32.6. The van der Waals surface area contributed by atoms with Crippen LogP contribution in [0.2, 0.25) is 0 Å². The predicted octanol–water partition coefficient (Wildman–Crippen LogP) is 17.3. The van der Waals surface area contributed by atoms with Gasteiger partial charge in [0.25, 0.3) is 0 Å². The zero-order chi connectivity index (χ0) is 44.0. The summed E-state index contributed by atoms with van der Waals surface area (Å²) in [7, 11) is 0. The van der Waals surface area contributed by atoms with Crippen LogP contribution >= 0.6 is 0 Å². The van der Waals surface area contributed by atoms with Crippen molar-refractivity contribution in [2.24, 2.45) is 0 Å². The molecule has 11 aromatic carbocycles. The van der Waals surface area contributed by atoms with Crippen LogP contribution < -0.4 is 0 Å². The van der Waals surface area contributed by atoms with Crippen LogP contribution in [0.5, 0.6) is 0 Å². The zero-order valence-corrected chi connectivity index (χ0v) is 35.9. The van der Waals surface area contributed by atoms with Crippen LogP contribution in [0.25, 0.3) is 126 Å². The largest absolute Gasteiger partial charge is 0.238 e. The Morgan fingerprint density at radius 2 is 0.742 bits per heavy atom. The molecule has 0 atom stereocenters. The second-order valence-corrected chi connectivity index (χ2v) is 16.8. The lowest BCUT2D eigenvalue weighted by Crippen LogP contribution is -1.97. The van der Waals surface area contributed by atoms with E-state index in [2.05, 4.69) is 187 Å². The molecule has 0 radical (unpaired) electrons. The van der Waals surface area contributed by atoms with Crippen LogP contribution in [0.3, 0.4) is 0 Å². The van der Waals surface area contributed by atoms with E-state index in [1.165, 1.54) is 70.9 Å². The third kappa shape index (κ3) is 6.95. The molecule has 1 heterocycles. The van der Waals surface area contributed by atoms with Gasteiger partial charge in [-0.3, -0.25) is 0 Å². The molecule has 0 spiro atoms. The molecule has 3 heteroatoms. The molecule has 0 N–H and O–H groups in total. The standard InChI is InChI=1S/C63H39N3/c1-64-50-33-31-43(32-34-50)51-18-9-12-22-57(51)62-40-61(65-63(66-62)46-13-3-2-4-14-46)45-29-27-42(28-30-45)54-36-35-53(55-20-10-11-21-56(54)55)41-23-25-44(26-24-41)58-39-49-17-7-8-19-52(49)59-37-47-15-5-6-16-48(47)38-60(58)59/h2-40H. The number of rotatable bonds is 7. The summed E-state index contributed by atoms with van der Waals surface area (Å²) in [5, 5.41) is 9.99. The molecule has 0 saturated heterocycles. The van der Waals surface area contributed by atoms with Gasteiger partial charge in [-0.1, -0.05) is 212 Å². The average Bonchev–Trinajstić information content (AvgIpc) is 3.40. The summed E-state index contributed by atoms with van der Waals surface area (Å²) in [5.74, 6) is 0.666. The highest BCUT2D eigenvalue weighted by atomic mass is 14.9. The number of hydrogen-bond donors (Lipinski definition) is 0. The molecule has 66 heavy (non-hydrogen) atoms. The van der Waals surface area contributed by atoms with E-state index in [9.17, 15) is 0 Å². The lowest BCUT2D eigenvalue weighted by atomic mass is 9.89. The lowest BCUT2D eigenvalue weighted by Gasteiger charge is -2.15. The van der Waals surface area contributed by atoms with Gasteiger partial charge in [-0.25, -0.2) is 14.8 Å². The summed E-state index contributed by atoms with van der Waals surface area (Å²) >= 11 is 0. The van der Waals surface area contributed by atoms with Crippen molar-refractivity contribution in [3.8, 4) is 78.4 Å². The maximum absolute atomic E-state index is 7.43. The van der Waals surface area contributed by atoms with Gasteiger partial charge in [0.15, 0.2) is 11.5 Å². The molecule has 12 aromatic rings. The maximum Gasteiger partial charge on any atom is 0.187 e. The molecule has 3 nitrogen and oxygen atoms in total. The number of hydrogen-bond acceptors (Lipinski definition) is 2. The van der Waals surface area contributed by atoms with Crippen molar-refractivity contribution in [2.75, 3.05) is 0 Å². The van der Waals surface area contributed by atoms with Crippen molar-refractivity contribution in [1.29, 1.82) is 0 Å². The molecule has 306 valence electrons. The van der Waals surface area contributed by atoms with E-state index in [-0.39, 0.29) is 0 Å². The lowest BCUT2D eigenvalue weighted by molar-refractivity contribution is 1.18. The SMILES string of the molecule is [C-]#[N+]c1ccc(-c2ccccc2-c2cc(-c3ccc(-c4ccc(-c5ccc(-c6cc7ccccc7c7cc8ccccc8cc67)cc5)c5ccccc45)cc3)nc(-c3ccccc3)n2)cc1. The van der Waals surface area contributed by atoms with E-state index in [0.717, 1.165) is 44.8 Å². The highest BCUT2D eigenvalue weighted by Crippen LogP contribution is 2.41. The molecule has 0 aliphatic heterocycles. The summed E-state index contributed by atoms with van der Waals surface area (Å²) in [6.45, 7) is 7.43. The molecule has 0 unspecified atom stereocenters. The van der Waals surface area contributed by atoms with Crippen molar-refractivity contribution in [3.05, 3.63) is 248 Å². The normalized spacial score (nSPS) is 11.3. The second kappa shape index (κ2) is 16.3. The van der Waals surface area contributed by atoms with E-state index in [4.69, 9.17) is 16.5 Å². The van der Waals surface area contributed by atoms with Gasteiger partial charge < -0.3 is 0 Å². The minimum atomic E-state index is 0.616. The Balaban J connectivity index is 0.900. The third-order valence-electron chi connectivity index (χ3n) is 12.9. The summed E-state index contributed by atoms with van der Waals surface area (Å²) in [5.41, 5.74) is 14.5. The van der Waals surface area contributed by atoms with Gasteiger partial charge in [-0.2, -0.15) is 0 Å². The molecular weight excluding hydrogens is 799 g/mol. The highest BCUT2D eigenvalue weighted by Gasteiger charge is 2.16. The molecule has 0 amide bonds. The van der Waals surface area contributed by atoms with Crippen molar-refractivity contribution < 1.29 is 0 Å². The van der Waals surface area contributed by atoms with Gasteiger partial charge in [0.2, 0.25) is 0 Å². The quantitative estimate of drug-likeness (QED) is 0.0909. The van der Waals surface area contributed by atoms with Crippen LogP contribution in [-0.2, 0) is 0 Å². The van der Waals surface area contributed by atoms with E-state index in [0.29, 0.717) is 11.5 Å². The van der Waals surface area contributed by atoms with E-state index < -0.39 is 0 Å². The van der Waals surface area contributed by atoms with Crippen LogP contribution in [0.4, 0.5) is 5.69 Å². The number of nitrogens with zero attached hydrogens (tertiary/aromatic N) is 3. The van der Waals surface area contributed by atoms with Crippen molar-refractivity contribution in [3.63, 3.8) is 0 Å². The smallest absolute Gasteiger partial charge is 0.187 e. The first-order valence-electron chi connectivity index (χ1n) is 22.2. The Morgan fingerprint density at radius 1 is 0.273 bits per heavy atom. The maximum atomic E-state index is 7.43. The van der Waals surface area contributed by atoms with Crippen molar-refractivity contribution in [1.82, 2.24) is 9.97 Å². The average molecular weight is 838 g/mol. The van der Waals surface area contributed by atoms with Gasteiger partial charge in [-0.05, 0) is 112 Å². The Kier molecular flexibility index (Phi) is 9.55. The van der Waals surface area contributed by atoms with Crippen molar-refractivity contribution >= 4 is 48.8 Å². The monoisotopic (exact) mass is 837 g/mol. The molecular formula is C63H39N3. The Hall–Kier alpha value is -8.97. The fourth-order valence-electron chi connectivity index (χ4n) is 9.60. The fourth-order valence-corrected chi connectivity index (χ4v) is 9.60. The topological polar surface area (TPSA) is 30.1 Å². The third-order valence-corrected chi connectivity index (χ3v) is 12.9. The molecule has 0 bridgehead atoms. The highest BCUT2D eigenvalue weighted by molar-refractivity contribution is 6.17. The Morgan fingerprint density at radius 3 is 1.38 bits per heavy atom. The van der Waals surface area contributed by atoms with Gasteiger partial charge in [-0.15, -0.1) is 0 Å². The number of benzene rings is 11. The van der Waals surface area contributed by atoms with Crippen LogP contribution in [0.1, 0.15) is 0 Å². The van der Waals surface area contributed by atoms with E-state index in [1.807, 2.05) is 54.6 Å². The summed E-state index contributed by atoms with van der Waals surface area (Å²) in [4.78, 5) is 13.9. The van der Waals surface area contributed by atoms with Crippen LogP contribution in [-0.4, -0.2) is 9.97 Å². The van der Waals surface area contributed by atoms with Gasteiger partial charge in [0, 0.05) is 16.7 Å². The summed E-state index contributed by atoms with van der Waals surface area (Å²) in [6.07, 6.45) is 0. The number of fused-ring (bicyclic) bond motifs is 5. The molecule has 12 rings (SSSR count). The molecule has 1 aromatic heterocycles. The fraction of sp³-hybridized carbons (Fsp3) is 0. The van der Waals surface area contributed by atoms with E-state index >= 15 is 0 Å². The molecule has 0 fully saturated rings. The molecule has 0 saturated carbocycles. The van der Waals surface area contributed by atoms with Gasteiger partial charge >= 0.3 is 0 Å². The Bertz CT molecular complexity index is 3850. The molecule has 0 aliphatic rings. The minimum absolute atomic E-state index is 0.616. The number of aromatic nitrogens is 2. The first kappa shape index (κ1) is 38.7. The second-order valence-electron chi connectivity index (χ2n) is 16.8. The van der Waals surface area contributed by atoms with Crippen LogP contribution in [0.15, 0.2) is 237 Å². The summed E-state index contributed by atoms with van der Waals surface area (Å²) < 4.78 is 0. The predicted molar refractivity (Wildman–Crippen MR) is 276 cm³/mol. The summed E-state index contributed by atoms with van der Waals surface area (Å²) in [6, 6.07) is 83.9. The van der Waals surface area contributed by atoms with E-state index in [1.54, 1.807) is 0 Å². The van der Waals surface area contributed by atoms with Gasteiger partial charge in [0.05, 0.1) is 18.0 Å². The van der Waals surface area contributed by atoms with Gasteiger partial charge in [0.1, 0.15) is 0 Å². The zero-order valence-electron chi connectivity index (χ0n) is 35.9. The van der Waals surface area contributed by atoms with Crippen LogP contribution in [0, 0.1) is 6.57 Å². The Labute approximate surface area is 383 Å². The first-order valence-corrected chi connectivity index (χ1v) is 22.2.